The molecule has 0 aromatic carbocycles. The van der Waals surface area contributed by atoms with Crippen molar-refractivity contribution in [2.24, 2.45) is 5.92 Å². The van der Waals surface area contributed by atoms with Crippen LogP contribution in [0, 0.1) is 5.92 Å². The minimum absolute atomic E-state index is 0.183. The SMILES string of the molecule is COC(=O)CCN1CCN(CC(C)C(=O)O)CC1. The van der Waals surface area contributed by atoms with Crippen molar-refractivity contribution in [3.63, 3.8) is 0 Å². The molecule has 0 radical (unpaired) electrons. The number of esters is 1. The van der Waals surface area contributed by atoms with E-state index in [1.165, 1.54) is 7.11 Å². The molecule has 1 unspecified atom stereocenters. The van der Waals surface area contributed by atoms with Gasteiger partial charge in [-0.15, -0.1) is 0 Å². The van der Waals surface area contributed by atoms with E-state index in [0.717, 1.165) is 32.7 Å². The van der Waals surface area contributed by atoms with Crippen molar-refractivity contribution in [1.29, 1.82) is 0 Å². The van der Waals surface area contributed by atoms with Gasteiger partial charge in [-0.1, -0.05) is 6.92 Å². The van der Waals surface area contributed by atoms with Crippen LogP contribution in [0.25, 0.3) is 0 Å². The molecule has 1 aliphatic rings. The Bertz CT molecular complexity index is 288. The highest BCUT2D eigenvalue weighted by atomic mass is 16.5. The third kappa shape index (κ3) is 5.01. The van der Waals surface area contributed by atoms with Gasteiger partial charge in [0.05, 0.1) is 19.4 Å². The number of hydrogen-bond acceptors (Lipinski definition) is 5. The summed E-state index contributed by atoms with van der Waals surface area (Å²) in [5.41, 5.74) is 0. The Balaban J connectivity index is 2.20. The quantitative estimate of drug-likeness (QED) is 0.670. The number of piperazine rings is 1. The third-order valence-corrected chi connectivity index (χ3v) is 3.28. The third-order valence-electron chi connectivity index (χ3n) is 3.28. The zero-order valence-electron chi connectivity index (χ0n) is 11.1. The number of methoxy groups -OCH3 is 1. The number of nitrogens with zero attached hydrogens (tertiary/aromatic N) is 2. The van der Waals surface area contributed by atoms with Crippen molar-refractivity contribution in [3.05, 3.63) is 0 Å². The summed E-state index contributed by atoms with van der Waals surface area (Å²) in [6.45, 7) is 6.52. The summed E-state index contributed by atoms with van der Waals surface area (Å²) in [6, 6.07) is 0. The minimum atomic E-state index is -0.747. The van der Waals surface area contributed by atoms with Crippen LogP contribution < -0.4 is 0 Å². The summed E-state index contributed by atoms with van der Waals surface area (Å²) in [5, 5.41) is 8.85. The molecule has 104 valence electrons. The molecule has 0 aliphatic carbocycles. The van der Waals surface area contributed by atoms with Crippen LogP contribution in [0.4, 0.5) is 0 Å². The maximum atomic E-state index is 11.0. The van der Waals surface area contributed by atoms with Gasteiger partial charge in [-0.05, 0) is 0 Å². The molecule has 0 amide bonds. The van der Waals surface area contributed by atoms with Crippen LogP contribution in [0.2, 0.25) is 0 Å². The van der Waals surface area contributed by atoms with Crippen LogP contribution in [0.1, 0.15) is 13.3 Å². The second-order valence-electron chi connectivity index (χ2n) is 4.71. The molecule has 1 rings (SSSR count). The van der Waals surface area contributed by atoms with E-state index in [2.05, 4.69) is 14.5 Å². The van der Waals surface area contributed by atoms with E-state index in [9.17, 15) is 9.59 Å². The lowest BCUT2D eigenvalue weighted by Crippen LogP contribution is -2.48. The molecule has 1 saturated heterocycles. The molecule has 1 aliphatic heterocycles. The number of rotatable bonds is 6. The van der Waals surface area contributed by atoms with Gasteiger partial charge in [-0.3, -0.25) is 14.5 Å². The molecule has 1 atom stereocenters. The predicted octanol–water partition coefficient (Wildman–Crippen LogP) is -0.112. The Labute approximate surface area is 107 Å². The van der Waals surface area contributed by atoms with E-state index < -0.39 is 5.97 Å². The van der Waals surface area contributed by atoms with E-state index in [4.69, 9.17) is 5.11 Å². The number of aliphatic carboxylic acids is 1. The van der Waals surface area contributed by atoms with Crippen molar-refractivity contribution in [2.75, 3.05) is 46.4 Å². The van der Waals surface area contributed by atoms with Gasteiger partial charge < -0.3 is 14.7 Å². The molecule has 6 heteroatoms. The van der Waals surface area contributed by atoms with Crippen LogP contribution in [0.5, 0.6) is 0 Å². The number of carboxylic acids is 1. The molecule has 0 aromatic rings. The van der Waals surface area contributed by atoms with E-state index in [-0.39, 0.29) is 11.9 Å². The van der Waals surface area contributed by atoms with Gasteiger partial charge in [0.1, 0.15) is 0 Å². The van der Waals surface area contributed by atoms with E-state index in [1.807, 2.05) is 0 Å². The largest absolute Gasteiger partial charge is 0.481 e. The maximum Gasteiger partial charge on any atom is 0.307 e. The highest BCUT2D eigenvalue weighted by molar-refractivity contribution is 5.69. The summed E-state index contributed by atoms with van der Waals surface area (Å²) < 4.78 is 4.60. The number of carboxylic acid groups (broad SMARTS) is 1. The van der Waals surface area contributed by atoms with Crippen LogP contribution in [0.3, 0.4) is 0 Å². The van der Waals surface area contributed by atoms with Gasteiger partial charge in [0.15, 0.2) is 0 Å². The van der Waals surface area contributed by atoms with Gasteiger partial charge in [0.25, 0.3) is 0 Å². The summed E-state index contributed by atoms with van der Waals surface area (Å²) in [6.07, 6.45) is 0.419. The van der Waals surface area contributed by atoms with Crippen molar-refractivity contribution < 1.29 is 19.4 Å². The number of hydrogen-bond donors (Lipinski definition) is 1. The number of carbonyl (C=O) groups excluding carboxylic acids is 1. The molecule has 1 N–H and O–H groups in total. The van der Waals surface area contributed by atoms with E-state index in [0.29, 0.717) is 13.0 Å². The first-order chi connectivity index (χ1) is 8.52. The number of carbonyl (C=O) groups is 2. The van der Waals surface area contributed by atoms with E-state index in [1.54, 1.807) is 6.92 Å². The van der Waals surface area contributed by atoms with Gasteiger partial charge in [0.2, 0.25) is 0 Å². The Hall–Kier alpha value is -1.14. The molecule has 0 spiro atoms. The molecule has 0 saturated carbocycles. The molecule has 18 heavy (non-hydrogen) atoms. The average molecular weight is 258 g/mol. The highest BCUT2D eigenvalue weighted by Crippen LogP contribution is 2.06. The maximum absolute atomic E-state index is 11.0. The molecule has 6 nitrogen and oxygen atoms in total. The topological polar surface area (TPSA) is 70.1 Å². The van der Waals surface area contributed by atoms with Gasteiger partial charge in [-0.25, -0.2) is 0 Å². The fourth-order valence-electron chi connectivity index (χ4n) is 2.01. The molecule has 1 heterocycles. The lowest BCUT2D eigenvalue weighted by Gasteiger charge is -2.35. The lowest BCUT2D eigenvalue weighted by atomic mass is 10.1. The lowest BCUT2D eigenvalue weighted by molar-refractivity contribution is -0.143. The molecule has 1 fully saturated rings. The van der Waals surface area contributed by atoms with Crippen LogP contribution >= 0.6 is 0 Å². The first kappa shape index (κ1) is 14.9. The van der Waals surface area contributed by atoms with Crippen LogP contribution in [-0.2, 0) is 14.3 Å². The second-order valence-corrected chi connectivity index (χ2v) is 4.71. The van der Waals surface area contributed by atoms with Gasteiger partial charge >= 0.3 is 11.9 Å². The van der Waals surface area contributed by atoms with Gasteiger partial charge in [0, 0.05) is 39.3 Å². The van der Waals surface area contributed by atoms with Crippen LogP contribution in [0.15, 0.2) is 0 Å². The van der Waals surface area contributed by atoms with Crippen LogP contribution in [-0.4, -0.2) is 73.2 Å². The molecule has 0 bridgehead atoms. The van der Waals surface area contributed by atoms with Crippen molar-refractivity contribution in [1.82, 2.24) is 9.80 Å². The smallest absolute Gasteiger partial charge is 0.307 e. The standard InChI is InChI=1S/C12H22N2O4/c1-10(12(16)17)9-14-7-5-13(6-8-14)4-3-11(15)18-2/h10H,3-9H2,1-2H3,(H,16,17). The zero-order valence-corrected chi connectivity index (χ0v) is 11.1. The van der Waals surface area contributed by atoms with Crippen molar-refractivity contribution in [3.8, 4) is 0 Å². The van der Waals surface area contributed by atoms with Gasteiger partial charge in [-0.2, -0.15) is 0 Å². The summed E-state index contributed by atoms with van der Waals surface area (Å²) in [7, 11) is 1.40. The van der Waals surface area contributed by atoms with E-state index >= 15 is 0 Å². The average Bonchev–Trinajstić information content (AvgIpc) is 2.37. The fraction of sp³-hybridized carbons (Fsp3) is 0.833. The molecular weight excluding hydrogens is 236 g/mol. The fourth-order valence-corrected chi connectivity index (χ4v) is 2.01. The molecular formula is C12H22N2O4. The summed E-state index contributed by atoms with van der Waals surface area (Å²) in [4.78, 5) is 26.1. The second kappa shape index (κ2) is 7.33. The molecule has 0 aromatic heterocycles. The first-order valence-electron chi connectivity index (χ1n) is 6.27. The minimum Gasteiger partial charge on any atom is -0.481 e. The predicted molar refractivity (Wildman–Crippen MR) is 66.3 cm³/mol. The Morgan fingerprint density at radius 3 is 2.28 bits per heavy atom. The zero-order chi connectivity index (χ0) is 13.5. The summed E-state index contributed by atoms with van der Waals surface area (Å²) in [5.74, 6) is -1.26. The van der Waals surface area contributed by atoms with Crippen molar-refractivity contribution in [2.45, 2.75) is 13.3 Å². The normalized spacial score (nSPS) is 19.4. The highest BCUT2D eigenvalue weighted by Gasteiger charge is 2.21. The first-order valence-corrected chi connectivity index (χ1v) is 6.27. The Morgan fingerprint density at radius 2 is 1.78 bits per heavy atom. The number of ether oxygens (including phenoxy) is 1. The Morgan fingerprint density at radius 1 is 1.22 bits per heavy atom. The summed E-state index contributed by atoms with van der Waals surface area (Å²) >= 11 is 0. The Kier molecular flexibility index (Phi) is 6.07. The monoisotopic (exact) mass is 258 g/mol. The van der Waals surface area contributed by atoms with Crippen molar-refractivity contribution >= 4 is 11.9 Å².